The molecule has 2 N–H and O–H groups in total. The van der Waals surface area contributed by atoms with E-state index in [-0.39, 0.29) is 18.0 Å². The van der Waals surface area contributed by atoms with Gasteiger partial charge < -0.3 is 10.6 Å². The van der Waals surface area contributed by atoms with E-state index in [1.165, 1.54) is 17.2 Å². The van der Waals surface area contributed by atoms with Crippen molar-refractivity contribution < 1.29 is 4.79 Å². The number of aliphatic imine (C=N–C) groups is 1. The Balaban J connectivity index is 1.64. The molecule has 108 valence electrons. The summed E-state index contributed by atoms with van der Waals surface area (Å²) in [5.74, 6) is 2.31. The Labute approximate surface area is 124 Å². The number of rotatable bonds is 6. The van der Waals surface area contributed by atoms with Crippen molar-refractivity contribution in [2.24, 2.45) is 4.99 Å². The predicted molar refractivity (Wildman–Crippen MR) is 85.1 cm³/mol. The average Bonchev–Trinajstić information content (AvgIpc) is 3.08. The Morgan fingerprint density at radius 2 is 2.53 bits per heavy atom. The number of carbonyl (C=O) groups is 1. The fraction of sp³-hybridized carbons (Fsp3) is 0.846. The predicted octanol–water partition coefficient (Wildman–Crippen LogP) is 1.86. The van der Waals surface area contributed by atoms with E-state index in [4.69, 9.17) is 0 Å². The molecule has 2 rings (SSSR count). The van der Waals surface area contributed by atoms with Crippen LogP contribution in [0, 0.1) is 0 Å². The van der Waals surface area contributed by atoms with Crippen LogP contribution in [0.2, 0.25) is 0 Å². The van der Waals surface area contributed by atoms with Crippen LogP contribution in [0.5, 0.6) is 0 Å². The minimum Gasteiger partial charge on any atom is -0.353 e. The third kappa shape index (κ3) is 5.00. The first kappa shape index (κ1) is 15.2. The maximum Gasteiger partial charge on any atom is 0.237 e. The highest BCUT2D eigenvalue weighted by Gasteiger charge is 2.24. The van der Waals surface area contributed by atoms with Crippen LogP contribution in [0.3, 0.4) is 0 Å². The van der Waals surface area contributed by atoms with E-state index in [1.54, 1.807) is 0 Å². The van der Waals surface area contributed by atoms with Gasteiger partial charge in [0.15, 0.2) is 0 Å². The molecule has 1 saturated heterocycles. The number of thioether (sulfide) groups is 2. The van der Waals surface area contributed by atoms with Gasteiger partial charge in [0.05, 0.1) is 12.1 Å². The first-order valence-corrected chi connectivity index (χ1v) is 9.11. The molecular weight excluding hydrogens is 278 g/mol. The lowest BCUT2D eigenvalue weighted by atomic mass is 10.2. The highest BCUT2D eigenvalue weighted by atomic mass is 32.2. The first-order chi connectivity index (χ1) is 9.29. The van der Waals surface area contributed by atoms with E-state index in [9.17, 15) is 4.79 Å². The molecule has 0 aromatic rings. The van der Waals surface area contributed by atoms with Crippen molar-refractivity contribution in [1.29, 1.82) is 0 Å². The van der Waals surface area contributed by atoms with Gasteiger partial charge in [-0.15, -0.1) is 0 Å². The van der Waals surface area contributed by atoms with Gasteiger partial charge in [-0.1, -0.05) is 36.9 Å². The largest absolute Gasteiger partial charge is 0.353 e. The summed E-state index contributed by atoms with van der Waals surface area (Å²) in [5, 5.41) is 6.24. The van der Waals surface area contributed by atoms with Gasteiger partial charge in [0.25, 0.3) is 0 Å². The van der Waals surface area contributed by atoms with Crippen molar-refractivity contribution in [1.82, 2.24) is 10.6 Å². The van der Waals surface area contributed by atoms with E-state index in [2.05, 4.69) is 22.5 Å². The molecule has 1 fully saturated rings. The first-order valence-electron chi connectivity index (χ1n) is 7.14. The minimum absolute atomic E-state index is 0.0245. The van der Waals surface area contributed by atoms with Crippen molar-refractivity contribution in [2.75, 3.05) is 24.6 Å². The Morgan fingerprint density at radius 3 is 3.26 bits per heavy atom. The summed E-state index contributed by atoms with van der Waals surface area (Å²) in [6, 6.07) is 0.288. The molecule has 4 nitrogen and oxygen atoms in total. The van der Waals surface area contributed by atoms with Gasteiger partial charge >= 0.3 is 0 Å². The van der Waals surface area contributed by atoms with Crippen molar-refractivity contribution in [3.05, 3.63) is 0 Å². The van der Waals surface area contributed by atoms with E-state index < -0.39 is 0 Å². The average molecular weight is 301 g/mol. The summed E-state index contributed by atoms with van der Waals surface area (Å²) in [6.45, 7) is 3.86. The fourth-order valence-electron chi connectivity index (χ4n) is 2.13. The lowest BCUT2D eigenvalue weighted by Crippen LogP contribution is -2.43. The molecule has 0 radical (unpaired) electrons. The SMILES string of the molecule is CCCCSC1=N[C@H](CNC(=O)[C@@H]2CCCN2)CS1. The Hall–Kier alpha value is -0.200. The van der Waals surface area contributed by atoms with Crippen LogP contribution in [0.25, 0.3) is 0 Å². The number of carbonyl (C=O) groups excluding carboxylic acids is 1. The summed E-state index contributed by atoms with van der Waals surface area (Å²) < 4.78 is 1.20. The molecule has 2 heterocycles. The van der Waals surface area contributed by atoms with E-state index in [0.29, 0.717) is 6.54 Å². The van der Waals surface area contributed by atoms with Gasteiger partial charge in [0.2, 0.25) is 5.91 Å². The second-order valence-electron chi connectivity index (χ2n) is 4.96. The fourth-order valence-corrected chi connectivity index (χ4v) is 4.50. The summed E-state index contributed by atoms with van der Waals surface area (Å²) in [6.07, 6.45) is 4.55. The third-order valence-corrected chi connectivity index (χ3v) is 5.76. The summed E-state index contributed by atoms with van der Waals surface area (Å²) in [4.78, 5) is 16.5. The van der Waals surface area contributed by atoms with Gasteiger partial charge in [-0.3, -0.25) is 9.79 Å². The summed E-state index contributed by atoms with van der Waals surface area (Å²) in [5.41, 5.74) is 0. The van der Waals surface area contributed by atoms with Gasteiger partial charge in [-0.2, -0.15) is 0 Å². The zero-order valence-electron chi connectivity index (χ0n) is 11.5. The Bertz CT molecular complexity index is 330. The Kier molecular flexibility index (Phi) is 6.53. The number of hydrogen-bond donors (Lipinski definition) is 2. The molecule has 2 aliphatic heterocycles. The maximum atomic E-state index is 11.9. The molecule has 0 aliphatic carbocycles. The number of hydrogen-bond acceptors (Lipinski definition) is 5. The number of nitrogens with one attached hydrogen (secondary N) is 2. The molecule has 19 heavy (non-hydrogen) atoms. The topological polar surface area (TPSA) is 53.5 Å². The molecule has 0 aromatic heterocycles. The molecular formula is C13H23N3OS2. The van der Waals surface area contributed by atoms with Gasteiger partial charge in [-0.05, 0) is 31.6 Å². The molecule has 0 saturated carbocycles. The van der Waals surface area contributed by atoms with Crippen LogP contribution in [-0.4, -0.2) is 47.0 Å². The molecule has 2 atom stereocenters. The molecule has 0 aromatic carbocycles. The monoisotopic (exact) mass is 301 g/mol. The minimum atomic E-state index is 0.0245. The van der Waals surface area contributed by atoms with Crippen LogP contribution >= 0.6 is 23.5 Å². The van der Waals surface area contributed by atoms with Crippen LogP contribution in [0.4, 0.5) is 0 Å². The highest BCUT2D eigenvalue weighted by molar-refractivity contribution is 8.39. The van der Waals surface area contributed by atoms with E-state index >= 15 is 0 Å². The van der Waals surface area contributed by atoms with Crippen LogP contribution in [0.15, 0.2) is 4.99 Å². The number of nitrogens with zero attached hydrogens (tertiary/aromatic N) is 1. The third-order valence-electron chi connectivity index (χ3n) is 3.30. The molecule has 6 heteroatoms. The van der Waals surface area contributed by atoms with E-state index in [0.717, 1.165) is 30.9 Å². The lowest BCUT2D eigenvalue weighted by molar-refractivity contribution is -0.122. The van der Waals surface area contributed by atoms with Gasteiger partial charge in [0, 0.05) is 12.3 Å². The molecule has 0 bridgehead atoms. The molecule has 2 aliphatic rings. The van der Waals surface area contributed by atoms with Crippen LogP contribution in [-0.2, 0) is 4.79 Å². The lowest BCUT2D eigenvalue weighted by Gasteiger charge is -2.12. The summed E-state index contributed by atoms with van der Waals surface area (Å²) >= 11 is 3.69. The normalized spacial score (nSPS) is 26.5. The smallest absolute Gasteiger partial charge is 0.237 e. The standard InChI is InChI=1S/C13H23N3OS2/c1-2-3-7-18-13-16-10(9-19-13)8-15-12(17)11-5-4-6-14-11/h10-11,14H,2-9H2,1H3,(H,15,17)/t10-,11+/m1/s1. The van der Waals surface area contributed by atoms with Crippen LogP contribution < -0.4 is 10.6 Å². The second-order valence-corrected chi connectivity index (χ2v) is 7.31. The van der Waals surface area contributed by atoms with Crippen LogP contribution in [0.1, 0.15) is 32.6 Å². The number of unbranched alkanes of at least 4 members (excludes halogenated alkanes) is 1. The Morgan fingerprint density at radius 1 is 1.63 bits per heavy atom. The zero-order chi connectivity index (χ0) is 13.5. The number of amides is 1. The highest BCUT2D eigenvalue weighted by Crippen LogP contribution is 2.26. The van der Waals surface area contributed by atoms with Crippen molar-refractivity contribution in [3.63, 3.8) is 0 Å². The van der Waals surface area contributed by atoms with Gasteiger partial charge in [-0.25, -0.2) is 0 Å². The second kappa shape index (κ2) is 8.17. The van der Waals surface area contributed by atoms with Gasteiger partial charge in [0.1, 0.15) is 4.38 Å². The van der Waals surface area contributed by atoms with E-state index in [1.807, 2.05) is 23.5 Å². The van der Waals surface area contributed by atoms with Crippen molar-refractivity contribution >= 4 is 33.8 Å². The summed E-state index contributed by atoms with van der Waals surface area (Å²) in [7, 11) is 0. The molecule has 0 unspecified atom stereocenters. The zero-order valence-corrected chi connectivity index (χ0v) is 13.1. The maximum absolute atomic E-state index is 11.9. The molecule has 0 spiro atoms. The van der Waals surface area contributed by atoms with Crippen molar-refractivity contribution in [3.8, 4) is 0 Å². The van der Waals surface area contributed by atoms with Crippen molar-refractivity contribution in [2.45, 2.75) is 44.7 Å². The molecule has 1 amide bonds. The quantitative estimate of drug-likeness (QED) is 0.735.